The van der Waals surface area contributed by atoms with Crippen LogP contribution >= 0.6 is 23.2 Å². The van der Waals surface area contributed by atoms with Crippen molar-refractivity contribution in [3.8, 4) is 0 Å². The minimum atomic E-state index is -0.304. The first-order chi connectivity index (χ1) is 18.7. The first-order valence-electron chi connectivity index (χ1n) is 13.3. The number of piperidine rings is 1. The molecular weight excluding hydrogens is 543 g/mol. The fourth-order valence-electron chi connectivity index (χ4n) is 5.28. The highest BCUT2D eigenvalue weighted by atomic mass is 35.5. The predicted octanol–water partition coefficient (Wildman–Crippen LogP) is 2.37. The van der Waals surface area contributed by atoms with E-state index in [-0.39, 0.29) is 40.4 Å². The van der Waals surface area contributed by atoms with E-state index in [9.17, 15) is 9.59 Å². The van der Waals surface area contributed by atoms with E-state index in [4.69, 9.17) is 34.7 Å². The number of nitrogens with zero attached hydrogens (tertiary/aromatic N) is 6. The van der Waals surface area contributed by atoms with E-state index in [0.717, 1.165) is 38.9 Å². The maximum Gasteiger partial charge on any atom is 0.315 e. The summed E-state index contributed by atoms with van der Waals surface area (Å²) in [4.78, 5) is 44.2. The van der Waals surface area contributed by atoms with Gasteiger partial charge in [-0.15, -0.1) is 0 Å². The molecular formula is C25H36Cl2N10O2. The molecule has 39 heavy (non-hydrogen) atoms. The van der Waals surface area contributed by atoms with Crippen LogP contribution in [0.2, 0.25) is 10.3 Å². The molecule has 0 radical (unpaired) electrons. The number of nitrogens with one attached hydrogen (secondary N) is 2. The van der Waals surface area contributed by atoms with Crippen LogP contribution in [0.15, 0.2) is 12.1 Å². The largest absolute Gasteiger partial charge is 0.383 e. The van der Waals surface area contributed by atoms with Gasteiger partial charge >= 0.3 is 6.03 Å². The van der Waals surface area contributed by atoms with Gasteiger partial charge in [0.05, 0.1) is 12.1 Å². The zero-order chi connectivity index (χ0) is 28.1. The normalized spacial score (nSPS) is 18.7. The minimum absolute atomic E-state index is 0.109. The number of urea groups is 1. The first kappa shape index (κ1) is 28.9. The van der Waals surface area contributed by atoms with Crippen molar-refractivity contribution in [2.24, 2.45) is 0 Å². The molecule has 0 aromatic carbocycles. The number of anilines is 3. The number of hydrogen-bond donors (Lipinski definition) is 4. The van der Waals surface area contributed by atoms with E-state index in [1.54, 1.807) is 12.1 Å². The molecule has 2 fully saturated rings. The van der Waals surface area contributed by atoms with Gasteiger partial charge in [0.1, 0.15) is 22.5 Å². The van der Waals surface area contributed by atoms with Gasteiger partial charge in [0.25, 0.3) is 5.91 Å². The number of halogens is 2. The van der Waals surface area contributed by atoms with E-state index < -0.39 is 0 Å². The molecule has 12 nitrogen and oxygen atoms in total. The summed E-state index contributed by atoms with van der Waals surface area (Å²) in [5.74, 6) is 0.853. The molecule has 1 atom stereocenters. The highest BCUT2D eigenvalue weighted by Gasteiger charge is 2.35. The lowest BCUT2D eigenvalue weighted by Crippen LogP contribution is -2.58. The average Bonchev–Trinajstić information content (AvgIpc) is 2.93. The lowest BCUT2D eigenvalue weighted by molar-refractivity contribution is 0.0491. The third kappa shape index (κ3) is 6.74. The average molecular weight is 580 g/mol. The van der Waals surface area contributed by atoms with Crippen molar-refractivity contribution in [3.63, 3.8) is 0 Å². The molecule has 212 valence electrons. The van der Waals surface area contributed by atoms with E-state index in [1.807, 2.05) is 11.8 Å². The summed E-state index contributed by atoms with van der Waals surface area (Å²) in [7, 11) is 0. The quantitative estimate of drug-likeness (QED) is 0.361. The van der Waals surface area contributed by atoms with Crippen LogP contribution in [0.4, 0.5) is 22.2 Å². The Morgan fingerprint density at radius 1 is 1.00 bits per heavy atom. The van der Waals surface area contributed by atoms with Crippen LogP contribution in [0, 0.1) is 0 Å². The molecule has 2 aliphatic heterocycles. The van der Waals surface area contributed by atoms with Crippen LogP contribution in [0.3, 0.4) is 0 Å². The van der Waals surface area contributed by atoms with Crippen LogP contribution in [0.5, 0.6) is 0 Å². The molecule has 0 bridgehead atoms. The van der Waals surface area contributed by atoms with Crippen LogP contribution in [0.1, 0.15) is 49.2 Å². The number of carbonyl (C=O) groups is 2. The van der Waals surface area contributed by atoms with E-state index in [1.165, 1.54) is 0 Å². The number of pyridine rings is 1. The number of aromatic nitrogens is 3. The monoisotopic (exact) mass is 578 g/mol. The van der Waals surface area contributed by atoms with Gasteiger partial charge in [-0.05, 0) is 38.3 Å². The SMILES string of the molecule is CCNC(=O)NCc1nc(Cl)c(N2CCN(C3CCN(C(=O)c4ccc(Cl)nc4N)CC3)[C@@H](CC)C2)nc1N. The molecule has 4 heterocycles. The Morgan fingerprint density at radius 2 is 1.74 bits per heavy atom. The van der Waals surface area contributed by atoms with Gasteiger partial charge in [-0.1, -0.05) is 30.1 Å². The Hall–Kier alpha value is -3.09. The third-order valence-electron chi connectivity index (χ3n) is 7.33. The second-order valence-electron chi connectivity index (χ2n) is 9.72. The molecule has 2 saturated heterocycles. The molecule has 0 spiro atoms. The Bertz CT molecular complexity index is 1190. The molecule has 2 aliphatic rings. The highest BCUT2D eigenvalue weighted by molar-refractivity contribution is 6.31. The van der Waals surface area contributed by atoms with E-state index in [0.29, 0.717) is 48.8 Å². The number of carbonyl (C=O) groups excluding carboxylic acids is 2. The molecule has 2 aromatic heterocycles. The zero-order valence-electron chi connectivity index (χ0n) is 22.3. The standard InChI is InChI=1S/C25H36Cl2N10O2/c1-3-15-14-36(23-20(27)32-18(22(29)34-23)13-31-25(39)30-4-2)11-12-37(15)16-7-9-35(10-8-16)24(38)17-5-6-19(26)33-21(17)28/h5-6,15-16H,3-4,7-14H2,1-2H3,(H2,28,33)(H2,29,34)(H2,30,31,39)/t15-/m0/s1. The molecule has 3 amide bonds. The first-order valence-corrected chi connectivity index (χ1v) is 14.0. The van der Waals surface area contributed by atoms with Crippen molar-refractivity contribution in [2.45, 2.75) is 51.7 Å². The van der Waals surface area contributed by atoms with Crippen molar-refractivity contribution in [1.82, 2.24) is 35.4 Å². The number of nitrogen functional groups attached to an aromatic ring is 2. The van der Waals surface area contributed by atoms with Gasteiger partial charge in [0.15, 0.2) is 11.0 Å². The fraction of sp³-hybridized carbons (Fsp3) is 0.560. The lowest BCUT2D eigenvalue weighted by Gasteiger charge is -2.47. The summed E-state index contributed by atoms with van der Waals surface area (Å²) in [5, 5.41) is 5.89. The number of hydrogen-bond acceptors (Lipinski definition) is 9. The van der Waals surface area contributed by atoms with E-state index in [2.05, 4.69) is 42.3 Å². The third-order valence-corrected chi connectivity index (χ3v) is 7.80. The van der Waals surface area contributed by atoms with Gasteiger partial charge in [-0.2, -0.15) is 0 Å². The number of nitrogens with two attached hydrogens (primary N) is 2. The molecule has 0 aliphatic carbocycles. The van der Waals surface area contributed by atoms with Crippen molar-refractivity contribution in [2.75, 3.05) is 55.6 Å². The van der Waals surface area contributed by atoms with Crippen LogP contribution in [0.25, 0.3) is 0 Å². The molecule has 0 unspecified atom stereocenters. The Balaban J connectivity index is 1.36. The summed E-state index contributed by atoms with van der Waals surface area (Å²) < 4.78 is 0. The Kier molecular flexibility index (Phi) is 9.52. The Morgan fingerprint density at radius 3 is 2.41 bits per heavy atom. The predicted molar refractivity (Wildman–Crippen MR) is 153 cm³/mol. The van der Waals surface area contributed by atoms with Crippen LogP contribution in [-0.4, -0.2) is 88.0 Å². The van der Waals surface area contributed by atoms with Crippen molar-refractivity contribution < 1.29 is 9.59 Å². The maximum atomic E-state index is 13.0. The van der Waals surface area contributed by atoms with Gasteiger partial charge in [-0.25, -0.2) is 19.7 Å². The van der Waals surface area contributed by atoms with Gasteiger partial charge < -0.3 is 31.9 Å². The molecule has 4 rings (SSSR count). The topological polar surface area (TPSA) is 159 Å². The van der Waals surface area contributed by atoms with Gasteiger partial charge in [0.2, 0.25) is 0 Å². The van der Waals surface area contributed by atoms with Gasteiger partial charge in [0, 0.05) is 51.4 Å². The molecule has 14 heteroatoms. The zero-order valence-corrected chi connectivity index (χ0v) is 23.8. The molecule has 2 aromatic rings. The summed E-state index contributed by atoms with van der Waals surface area (Å²) in [6.07, 6.45) is 2.71. The lowest BCUT2D eigenvalue weighted by atomic mass is 9.97. The second kappa shape index (κ2) is 12.8. The number of rotatable bonds is 7. The smallest absolute Gasteiger partial charge is 0.315 e. The fourth-order valence-corrected chi connectivity index (χ4v) is 5.69. The maximum absolute atomic E-state index is 13.0. The second-order valence-corrected chi connectivity index (χ2v) is 10.5. The summed E-state index contributed by atoms with van der Waals surface area (Å²) in [6.45, 7) is 8.29. The van der Waals surface area contributed by atoms with Crippen molar-refractivity contribution in [3.05, 3.63) is 33.7 Å². The van der Waals surface area contributed by atoms with Crippen molar-refractivity contribution >= 4 is 52.6 Å². The molecule has 6 N–H and O–H groups in total. The van der Waals surface area contributed by atoms with E-state index >= 15 is 0 Å². The summed E-state index contributed by atoms with van der Waals surface area (Å²) in [6, 6.07) is 3.58. The van der Waals surface area contributed by atoms with Crippen molar-refractivity contribution in [1.29, 1.82) is 0 Å². The summed E-state index contributed by atoms with van der Waals surface area (Å²) in [5.41, 5.74) is 12.9. The van der Waals surface area contributed by atoms with Crippen LogP contribution < -0.4 is 27.0 Å². The van der Waals surface area contributed by atoms with Gasteiger partial charge in [-0.3, -0.25) is 9.69 Å². The number of piperazine rings is 1. The molecule has 0 saturated carbocycles. The number of likely N-dealkylation sites (tertiary alicyclic amines) is 1. The number of amides is 3. The highest BCUT2D eigenvalue weighted by Crippen LogP contribution is 2.30. The summed E-state index contributed by atoms with van der Waals surface area (Å²) >= 11 is 12.4. The van der Waals surface area contributed by atoms with Crippen LogP contribution in [-0.2, 0) is 6.54 Å². The Labute approximate surface area is 238 Å². The minimum Gasteiger partial charge on any atom is -0.383 e.